The van der Waals surface area contributed by atoms with Gasteiger partial charge < -0.3 is 5.11 Å². The quantitative estimate of drug-likeness (QED) is 0.675. The van der Waals surface area contributed by atoms with Crippen LogP contribution in [0.4, 0.5) is 0 Å². The van der Waals surface area contributed by atoms with E-state index in [-0.39, 0.29) is 5.60 Å². The number of likely N-dealkylation sites (tertiary alicyclic amines) is 1. The average Bonchev–Trinajstić information content (AvgIpc) is 2.31. The fraction of sp³-hybridized carbons (Fsp3) is 1.00. The summed E-state index contributed by atoms with van der Waals surface area (Å²) in [5.41, 5.74) is -0.352. The molecule has 1 unspecified atom stereocenters. The molecule has 0 bridgehead atoms. The third-order valence-corrected chi connectivity index (χ3v) is 3.61. The van der Waals surface area contributed by atoms with Crippen LogP contribution in [-0.2, 0) is 0 Å². The minimum Gasteiger partial charge on any atom is -0.389 e. The van der Waals surface area contributed by atoms with Gasteiger partial charge in [-0.2, -0.15) is 0 Å². The van der Waals surface area contributed by atoms with Gasteiger partial charge in [0.25, 0.3) is 0 Å². The highest BCUT2D eigenvalue weighted by Gasteiger charge is 2.38. The molecule has 0 aromatic heterocycles. The zero-order chi connectivity index (χ0) is 8.60. The molecule has 2 heteroatoms. The van der Waals surface area contributed by atoms with Crippen LogP contribution in [0.15, 0.2) is 0 Å². The number of rotatable bonds is 2. The Bertz CT molecular complexity index is 167. The third-order valence-electron chi connectivity index (χ3n) is 3.61. The second-order valence-electron chi connectivity index (χ2n) is 4.38. The summed E-state index contributed by atoms with van der Waals surface area (Å²) in [4.78, 5) is 2.48. The molecule has 1 aliphatic carbocycles. The number of β-amino-alcohol motifs (C(OH)–C–C–N with tert-alkyl or cyclic N) is 1. The average molecular weight is 169 g/mol. The van der Waals surface area contributed by atoms with Crippen molar-refractivity contribution in [2.75, 3.05) is 13.1 Å². The van der Waals surface area contributed by atoms with Crippen molar-refractivity contribution < 1.29 is 5.11 Å². The van der Waals surface area contributed by atoms with Gasteiger partial charge in [0.15, 0.2) is 0 Å². The lowest BCUT2D eigenvalue weighted by Gasteiger charge is -2.35. The summed E-state index contributed by atoms with van der Waals surface area (Å²) in [6.45, 7) is 4.13. The summed E-state index contributed by atoms with van der Waals surface area (Å²) in [5.74, 6) is 0. The predicted octanol–water partition coefficient (Wildman–Crippen LogP) is 1.39. The molecule has 1 saturated carbocycles. The van der Waals surface area contributed by atoms with E-state index >= 15 is 0 Å². The smallest absolute Gasteiger partial charge is 0.0783 e. The third kappa shape index (κ3) is 1.38. The zero-order valence-corrected chi connectivity index (χ0v) is 7.92. The van der Waals surface area contributed by atoms with Gasteiger partial charge in [0.05, 0.1) is 5.60 Å². The summed E-state index contributed by atoms with van der Waals surface area (Å²) < 4.78 is 0. The Labute approximate surface area is 74.6 Å². The number of aliphatic hydroxyl groups is 1. The monoisotopic (exact) mass is 169 g/mol. The molecule has 0 aromatic carbocycles. The van der Waals surface area contributed by atoms with Crippen LogP contribution < -0.4 is 0 Å². The van der Waals surface area contributed by atoms with E-state index in [9.17, 15) is 5.11 Å². The van der Waals surface area contributed by atoms with E-state index in [2.05, 4.69) is 11.8 Å². The van der Waals surface area contributed by atoms with Gasteiger partial charge in [0.1, 0.15) is 0 Å². The Kier molecular flexibility index (Phi) is 2.13. The van der Waals surface area contributed by atoms with E-state index in [1.807, 2.05) is 0 Å². The summed E-state index contributed by atoms with van der Waals surface area (Å²) in [7, 11) is 0. The number of hydrogen-bond donors (Lipinski definition) is 1. The van der Waals surface area contributed by atoms with Gasteiger partial charge in [0.2, 0.25) is 0 Å². The summed E-state index contributed by atoms with van der Waals surface area (Å²) in [6, 6.07) is 0.811. The van der Waals surface area contributed by atoms with Crippen LogP contribution >= 0.6 is 0 Å². The van der Waals surface area contributed by atoms with Crippen LogP contribution in [0.5, 0.6) is 0 Å². The van der Waals surface area contributed by atoms with E-state index in [0.717, 1.165) is 32.0 Å². The number of nitrogens with zero attached hydrogens (tertiary/aromatic N) is 1. The van der Waals surface area contributed by atoms with Crippen molar-refractivity contribution in [3.8, 4) is 0 Å². The summed E-state index contributed by atoms with van der Waals surface area (Å²) in [6.07, 6.45) is 6.02. The predicted molar refractivity (Wildman–Crippen MR) is 49.1 cm³/mol. The molecule has 70 valence electrons. The van der Waals surface area contributed by atoms with E-state index in [1.54, 1.807) is 0 Å². The Morgan fingerprint density at radius 3 is 2.67 bits per heavy atom. The molecular weight excluding hydrogens is 150 g/mol. The summed E-state index contributed by atoms with van der Waals surface area (Å²) >= 11 is 0. The molecular formula is C10H19NO. The van der Waals surface area contributed by atoms with Gasteiger partial charge in [-0.15, -0.1) is 0 Å². The van der Waals surface area contributed by atoms with Crippen molar-refractivity contribution in [2.45, 2.75) is 50.7 Å². The fourth-order valence-corrected chi connectivity index (χ4v) is 2.24. The Hall–Kier alpha value is -0.0800. The lowest BCUT2D eigenvalue weighted by Crippen LogP contribution is -2.41. The lowest BCUT2D eigenvalue weighted by atomic mass is 9.91. The molecule has 0 amide bonds. The molecule has 2 nitrogen and oxygen atoms in total. The first-order valence-corrected chi connectivity index (χ1v) is 5.20. The van der Waals surface area contributed by atoms with E-state index < -0.39 is 0 Å². The molecule has 2 aliphatic rings. The van der Waals surface area contributed by atoms with Gasteiger partial charge in [0, 0.05) is 19.1 Å². The van der Waals surface area contributed by atoms with Crippen molar-refractivity contribution in [1.29, 1.82) is 0 Å². The topological polar surface area (TPSA) is 23.5 Å². The van der Waals surface area contributed by atoms with Crippen LogP contribution in [0.2, 0.25) is 0 Å². The standard InChI is InChI=1S/C10H19NO/c1-2-10(12)6-7-11(8-10)9-4-3-5-9/h9,12H,2-8H2,1H3. The van der Waals surface area contributed by atoms with Gasteiger partial charge in [-0.05, 0) is 25.7 Å². The van der Waals surface area contributed by atoms with Gasteiger partial charge in [-0.3, -0.25) is 4.90 Å². The first-order valence-electron chi connectivity index (χ1n) is 5.20. The maximum Gasteiger partial charge on any atom is 0.0783 e. The molecule has 0 radical (unpaired) electrons. The van der Waals surface area contributed by atoms with Crippen LogP contribution in [0.1, 0.15) is 39.0 Å². The summed E-state index contributed by atoms with van der Waals surface area (Å²) in [5, 5.41) is 10.00. The van der Waals surface area contributed by atoms with Crippen molar-refractivity contribution in [1.82, 2.24) is 4.90 Å². The van der Waals surface area contributed by atoms with E-state index in [4.69, 9.17) is 0 Å². The molecule has 1 heterocycles. The second-order valence-corrected chi connectivity index (χ2v) is 4.38. The van der Waals surface area contributed by atoms with Crippen LogP contribution in [0, 0.1) is 0 Å². The van der Waals surface area contributed by atoms with Crippen molar-refractivity contribution in [3.63, 3.8) is 0 Å². The van der Waals surface area contributed by atoms with Crippen molar-refractivity contribution in [2.24, 2.45) is 0 Å². The van der Waals surface area contributed by atoms with Crippen molar-refractivity contribution >= 4 is 0 Å². The molecule has 2 fully saturated rings. The molecule has 12 heavy (non-hydrogen) atoms. The first-order chi connectivity index (χ1) is 5.73. The zero-order valence-electron chi connectivity index (χ0n) is 7.92. The largest absolute Gasteiger partial charge is 0.389 e. The molecule has 0 spiro atoms. The molecule has 1 N–H and O–H groups in total. The minimum absolute atomic E-state index is 0.352. The van der Waals surface area contributed by atoms with Gasteiger partial charge >= 0.3 is 0 Å². The molecule has 1 atom stereocenters. The second kappa shape index (κ2) is 3.00. The Morgan fingerprint density at radius 2 is 2.25 bits per heavy atom. The lowest BCUT2D eigenvalue weighted by molar-refractivity contribution is 0.0330. The highest BCUT2D eigenvalue weighted by Crippen LogP contribution is 2.32. The SMILES string of the molecule is CCC1(O)CCN(C2CCC2)C1. The highest BCUT2D eigenvalue weighted by atomic mass is 16.3. The maximum atomic E-state index is 10.00. The Morgan fingerprint density at radius 1 is 1.50 bits per heavy atom. The van der Waals surface area contributed by atoms with Crippen LogP contribution in [0.3, 0.4) is 0 Å². The molecule has 0 aromatic rings. The molecule has 2 rings (SSSR count). The van der Waals surface area contributed by atoms with E-state index in [1.165, 1.54) is 19.3 Å². The fourth-order valence-electron chi connectivity index (χ4n) is 2.24. The maximum absolute atomic E-state index is 10.00. The molecule has 1 aliphatic heterocycles. The molecule has 1 saturated heterocycles. The van der Waals surface area contributed by atoms with Crippen LogP contribution in [-0.4, -0.2) is 34.7 Å². The van der Waals surface area contributed by atoms with Gasteiger partial charge in [-0.1, -0.05) is 13.3 Å². The Balaban J connectivity index is 1.88. The first kappa shape index (κ1) is 8.52. The van der Waals surface area contributed by atoms with Crippen LogP contribution in [0.25, 0.3) is 0 Å². The van der Waals surface area contributed by atoms with E-state index in [0.29, 0.717) is 0 Å². The highest BCUT2D eigenvalue weighted by molar-refractivity contribution is 4.93. The van der Waals surface area contributed by atoms with Crippen molar-refractivity contribution in [3.05, 3.63) is 0 Å². The minimum atomic E-state index is -0.352. The van der Waals surface area contributed by atoms with Gasteiger partial charge in [-0.25, -0.2) is 0 Å². The number of hydrogen-bond acceptors (Lipinski definition) is 2. The normalized spacial score (nSPS) is 38.5.